The molecule has 0 aliphatic carbocycles. The molecule has 0 radical (unpaired) electrons. The van der Waals surface area contributed by atoms with Crippen molar-refractivity contribution >= 4 is 75.0 Å². The Morgan fingerprint density at radius 1 is 1.30 bits per heavy atom. The number of H-pyrrole nitrogens is 1. The molecule has 1 aliphatic rings. The van der Waals surface area contributed by atoms with Crippen LogP contribution in [-0.4, -0.2) is 48.8 Å². The summed E-state index contributed by atoms with van der Waals surface area (Å²) >= 11 is 15.2. The normalized spacial score (nSPS) is 14.3. The van der Waals surface area contributed by atoms with Gasteiger partial charge in [0.25, 0.3) is 0 Å². The third kappa shape index (κ3) is 4.61. The van der Waals surface area contributed by atoms with Gasteiger partial charge in [-0.25, -0.2) is 24.9 Å². The number of nitrogens with one attached hydrogen (secondary N) is 1. The van der Waals surface area contributed by atoms with Crippen LogP contribution in [0.25, 0.3) is 17.1 Å². The zero-order valence-electron chi connectivity index (χ0n) is 17.3. The van der Waals surface area contributed by atoms with E-state index in [1.54, 1.807) is 11.5 Å². The smallest absolute Gasteiger partial charge is 0.198 e. The van der Waals surface area contributed by atoms with Gasteiger partial charge in [0.05, 0.1) is 16.1 Å². The number of Topliss-reactive ketones (excluding diaryl/α,β-unsaturated/α-hetero) is 1. The molecular weight excluding hydrogens is 501 g/mol. The number of thiazole rings is 1. The SMILES string of the molecule is CC(=O)c1csc(Sc2nc(N3CC(Cc4cncnc4)C3)c3c(Cl)c(/C=C/Cl)[nH]c3n2)n1. The molecule has 1 aliphatic heterocycles. The number of hydrogen-bond acceptors (Lipinski definition) is 9. The van der Waals surface area contributed by atoms with Gasteiger partial charge in [0, 0.05) is 43.3 Å². The van der Waals surface area contributed by atoms with Crippen LogP contribution >= 0.6 is 46.3 Å². The maximum Gasteiger partial charge on any atom is 0.198 e. The monoisotopic (exact) mass is 517 g/mol. The van der Waals surface area contributed by atoms with Crippen LogP contribution in [0.2, 0.25) is 5.02 Å². The lowest BCUT2D eigenvalue weighted by Gasteiger charge is -2.40. The molecule has 8 nitrogen and oxygen atoms in total. The minimum Gasteiger partial charge on any atom is -0.355 e. The molecule has 4 aromatic rings. The van der Waals surface area contributed by atoms with Crippen molar-refractivity contribution in [3.8, 4) is 0 Å². The first-order valence-corrected chi connectivity index (χ1v) is 12.5. The van der Waals surface area contributed by atoms with Crippen LogP contribution in [0, 0.1) is 5.92 Å². The lowest BCUT2D eigenvalue weighted by molar-refractivity contribution is 0.101. The predicted octanol–water partition coefficient (Wildman–Crippen LogP) is 5.10. The van der Waals surface area contributed by atoms with Gasteiger partial charge in [-0.1, -0.05) is 23.2 Å². The fourth-order valence-corrected chi connectivity index (χ4v) is 5.80. The minimum atomic E-state index is -0.0701. The summed E-state index contributed by atoms with van der Waals surface area (Å²) in [6.07, 6.45) is 7.84. The summed E-state index contributed by atoms with van der Waals surface area (Å²) < 4.78 is 0.703. The third-order valence-electron chi connectivity index (χ3n) is 5.23. The minimum absolute atomic E-state index is 0.0701. The van der Waals surface area contributed by atoms with Gasteiger partial charge in [0.2, 0.25) is 0 Å². The number of halogens is 2. The lowest BCUT2D eigenvalue weighted by atomic mass is 9.93. The van der Waals surface area contributed by atoms with Gasteiger partial charge in [-0.05, 0) is 35.7 Å². The van der Waals surface area contributed by atoms with E-state index >= 15 is 0 Å². The van der Waals surface area contributed by atoms with Crippen molar-refractivity contribution < 1.29 is 4.79 Å². The number of carbonyl (C=O) groups excluding carboxylic acids is 1. The molecular formula is C21H17Cl2N7OS2. The zero-order chi connectivity index (χ0) is 22.9. The Morgan fingerprint density at radius 3 is 2.79 bits per heavy atom. The number of carbonyl (C=O) groups is 1. The summed E-state index contributed by atoms with van der Waals surface area (Å²) in [5.74, 6) is 1.16. The summed E-state index contributed by atoms with van der Waals surface area (Å²) in [6, 6.07) is 0. The first kappa shape index (κ1) is 22.3. The van der Waals surface area contributed by atoms with Crippen LogP contribution in [0.3, 0.4) is 0 Å². The van der Waals surface area contributed by atoms with E-state index < -0.39 is 0 Å². The van der Waals surface area contributed by atoms with E-state index in [1.165, 1.54) is 41.9 Å². The standard InChI is InChI=1S/C21H17Cl2N7OS2/c1-11(31)15-9-32-21(27-15)33-20-28-18-16(17(23)14(26-18)2-3-22)19(29-20)30-7-13(8-30)4-12-5-24-10-25-6-12/h2-3,5-6,9-10,13H,4,7-8H2,1H3,(H,26,28,29)/b3-2+. The van der Waals surface area contributed by atoms with Gasteiger partial charge >= 0.3 is 0 Å². The van der Waals surface area contributed by atoms with Gasteiger partial charge in [-0.3, -0.25) is 4.79 Å². The van der Waals surface area contributed by atoms with E-state index in [1.807, 2.05) is 12.4 Å². The number of ketones is 1. The fraction of sp³-hybridized carbons (Fsp3) is 0.238. The van der Waals surface area contributed by atoms with Crippen LogP contribution in [0.15, 0.2) is 39.1 Å². The number of nitrogens with zero attached hydrogens (tertiary/aromatic N) is 6. The Kier molecular flexibility index (Phi) is 6.33. The summed E-state index contributed by atoms with van der Waals surface area (Å²) in [4.78, 5) is 39.0. The molecule has 1 N–H and O–H groups in total. The van der Waals surface area contributed by atoms with Gasteiger partial charge in [-0.15, -0.1) is 11.3 Å². The summed E-state index contributed by atoms with van der Waals surface area (Å²) in [7, 11) is 0. The molecule has 0 amide bonds. The zero-order valence-corrected chi connectivity index (χ0v) is 20.5. The van der Waals surface area contributed by atoms with E-state index in [0.717, 1.165) is 36.3 Å². The Bertz CT molecular complexity index is 1350. The summed E-state index contributed by atoms with van der Waals surface area (Å²) in [5, 5.41) is 3.56. The second kappa shape index (κ2) is 9.38. The first-order chi connectivity index (χ1) is 16.0. The molecule has 1 saturated heterocycles. The van der Waals surface area contributed by atoms with Crippen LogP contribution in [0.5, 0.6) is 0 Å². The molecule has 168 valence electrons. The Labute approximate surface area is 207 Å². The first-order valence-electron chi connectivity index (χ1n) is 10.0. The molecule has 33 heavy (non-hydrogen) atoms. The highest BCUT2D eigenvalue weighted by atomic mass is 35.5. The van der Waals surface area contributed by atoms with Crippen molar-refractivity contribution in [2.24, 2.45) is 5.92 Å². The Balaban J connectivity index is 1.45. The Morgan fingerprint density at radius 2 is 2.09 bits per heavy atom. The number of fused-ring (bicyclic) bond motifs is 1. The summed E-state index contributed by atoms with van der Waals surface area (Å²) in [6.45, 7) is 3.16. The maximum absolute atomic E-state index is 11.6. The van der Waals surface area contributed by atoms with E-state index in [-0.39, 0.29) is 5.78 Å². The van der Waals surface area contributed by atoms with Crippen molar-refractivity contribution in [1.82, 2.24) is 29.9 Å². The molecule has 0 aromatic carbocycles. The quantitative estimate of drug-likeness (QED) is 0.267. The van der Waals surface area contributed by atoms with E-state index in [2.05, 4.69) is 29.8 Å². The number of hydrogen-bond donors (Lipinski definition) is 1. The van der Waals surface area contributed by atoms with E-state index in [0.29, 0.717) is 37.5 Å². The van der Waals surface area contributed by atoms with Crippen LogP contribution in [0.1, 0.15) is 28.7 Å². The van der Waals surface area contributed by atoms with E-state index in [4.69, 9.17) is 28.2 Å². The average molecular weight is 518 g/mol. The largest absolute Gasteiger partial charge is 0.355 e. The number of aromatic amines is 1. The summed E-state index contributed by atoms with van der Waals surface area (Å²) in [5.41, 5.74) is 4.26. The third-order valence-corrected chi connectivity index (χ3v) is 7.55. The van der Waals surface area contributed by atoms with Crippen molar-refractivity contribution in [3.63, 3.8) is 0 Å². The number of anilines is 1. The molecule has 0 atom stereocenters. The van der Waals surface area contributed by atoms with Gasteiger partial charge < -0.3 is 9.88 Å². The van der Waals surface area contributed by atoms with Crippen molar-refractivity contribution in [2.45, 2.75) is 22.8 Å². The van der Waals surface area contributed by atoms with Gasteiger partial charge in [0.15, 0.2) is 15.3 Å². The van der Waals surface area contributed by atoms with Crippen LogP contribution in [-0.2, 0) is 6.42 Å². The molecule has 12 heteroatoms. The highest BCUT2D eigenvalue weighted by Gasteiger charge is 2.31. The number of rotatable bonds is 7. The predicted molar refractivity (Wildman–Crippen MR) is 131 cm³/mol. The molecule has 1 fully saturated rings. The topological polar surface area (TPSA) is 101 Å². The fourth-order valence-electron chi connectivity index (χ4n) is 3.68. The molecule has 0 spiro atoms. The highest BCUT2D eigenvalue weighted by Crippen LogP contribution is 2.39. The Hall–Kier alpha value is -2.53. The molecule has 0 saturated carbocycles. The second-order valence-corrected chi connectivity index (χ2v) is 10.3. The average Bonchev–Trinajstić information content (AvgIpc) is 3.36. The molecule has 0 bridgehead atoms. The van der Waals surface area contributed by atoms with Crippen molar-refractivity contribution in [2.75, 3.05) is 18.0 Å². The molecule has 0 unspecified atom stereocenters. The van der Waals surface area contributed by atoms with Gasteiger partial charge in [-0.2, -0.15) is 0 Å². The van der Waals surface area contributed by atoms with Crippen molar-refractivity contribution in [1.29, 1.82) is 0 Å². The van der Waals surface area contributed by atoms with Crippen molar-refractivity contribution in [3.05, 3.63) is 51.6 Å². The lowest BCUT2D eigenvalue weighted by Crippen LogP contribution is -2.48. The van der Waals surface area contributed by atoms with Crippen LogP contribution in [0.4, 0.5) is 5.82 Å². The highest BCUT2D eigenvalue weighted by molar-refractivity contribution is 8.00. The molecule has 5 heterocycles. The molecule has 5 rings (SSSR count). The second-order valence-electron chi connectivity index (χ2n) is 7.58. The maximum atomic E-state index is 11.6. The molecule has 4 aromatic heterocycles. The number of aromatic nitrogens is 6. The van der Waals surface area contributed by atoms with Gasteiger partial charge in [0.1, 0.15) is 23.5 Å². The van der Waals surface area contributed by atoms with Crippen LogP contribution < -0.4 is 4.90 Å². The van der Waals surface area contributed by atoms with E-state index in [9.17, 15) is 4.79 Å².